The lowest BCUT2D eigenvalue weighted by Gasteiger charge is -2.24. The van der Waals surface area contributed by atoms with Gasteiger partial charge in [-0.15, -0.1) is 0 Å². The molecule has 1 rings (SSSR count). The lowest BCUT2D eigenvalue weighted by molar-refractivity contribution is -0.00608. The van der Waals surface area contributed by atoms with Crippen molar-refractivity contribution in [3.05, 3.63) is 30.3 Å². The van der Waals surface area contributed by atoms with Crippen molar-refractivity contribution in [2.45, 2.75) is 284 Å². The summed E-state index contributed by atoms with van der Waals surface area (Å²) in [5.41, 5.74) is 0. The van der Waals surface area contributed by atoms with Crippen molar-refractivity contribution in [2.75, 3.05) is 26.4 Å². The number of unbranched alkanes of at least 4 members (excludes halogenated alkanes) is 32. The molecule has 0 aliphatic carbocycles. The second kappa shape index (κ2) is 47.8. The second-order valence-corrected chi connectivity index (χ2v) is 19.2. The standard InChI is InChI=1S/C54H103O5P/c1-5-9-13-17-21-25-27-31-35-42-48-55-53(46-38-33-29-23-19-15-11-7-3)50-57-60(59-52-44-40-37-41-45-52)58-51-54(47-39-34-30-24-20-16-12-8-4)56-49-43-36-32-28-26-22-18-14-10-6-2/h37,40-41,44-45,53-54H,5-36,38-39,42-43,46-51H2,1-4H3. The van der Waals surface area contributed by atoms with E-state index in [1.54, 1.807) is 0 Å². The number of rotatable bonds is 50. The topological polar surface area (TPSA) is 46.2 Å². The highest BCUT2D eigenvalue weighted by molar-refractivity contribution is 7.42. The fraction of sp³-hybridized carbons (Fsp3) is 0.889. The van der Waals surface area contributed by atoms with Crippen molar-refractivity contribution in [1.29, 1.82) is 0 Å². The van der Waals surface area contributed by atoms with Gasteiger partial charge in [0.05, 0.1) is 25.4 Å². The minimum Gasteiger partial charge on any atom is -0.427 e. The highest BCUT2D eigenvalue weighted by Gasteiger charge is 2.22. The Morgan fingerprint density at radius 1 is 0.350 bits per heavy atom. The quantitative estimate of drug-likeness (QED) is 0.0482. The van der Waals surface area contributed by atoms with E-state index < -0.39 is 8.60 Å². The molecule has 0 saturated carbocycles. The van der Waals surface area contributed by atoms with Gasteiger partial charge < -0.3 is 14.0 Å². The third-order valence-corrected chi connectivity index (χ3v) is 13.2. The summed E-state index contributed by atoms with van der Waals surface area (Å²) in [6.45, 7) is 11.8. The fourth-order valence-corrected chi connectivity index (χ4v) is 9.12. The van der Waals surface area contributed by atoms with Gasteiger partial charge in [-0.25, -0.2) is 0 Å². The first-order valence-corrected chi connectivity index (χ1v) is 27.8. The number of hydrogen-bond acceptors (Lipinski definition) is 5. The first-order chi connectivity index (χ1) is 29.7. The number of ether oxygens (including phenoxy) is 2. The zero-order valence-electron chi connectivity index (χ0n) is 40.7. The van der Waals surface area contributed by atoms with Gasteiger partial charge in [-0.3, -0.25) is 9.05 Å². The van der Waals surface area contributed by atoms with Gasteiger partial charge >= 0.3 is 8.60 Å². The van der Waals surface area contributed by atoms with Crippen LogP contribution in [0.25, 0.3) is 0 Å². The van der Waals surface area contributed by atoms with Crippen LogP contribution in [0.2, 0.25) is 0 Å². The van der Waals surface area contributed by atoms with Gasteiger partial charge in [-0.05, 0) is 37.8 Å². The molecule has 1 aromatic rings. The molecule has 354 valence electrons. The zero-order valence-corrected chi connectivity index (χ0v) is 41.6. The first-order valence-electron chi connectivity index (χ1n) is 26.8. The van der Waals surface area contributed by atoms with Crippen molar-refractivity contribution < 1.29 is 23.0 Å². The lowest BCUT2D eigenvalue weighted by atomic mass is 10.1. The van der Waals surface area contributed by atoms with E-state index in [1.807, 2.05) is 30.3 Å². The van der Waals surface area contributed by atoms with Crippen molar-refractivity contribution in [3.8, 4) is 5.75 Å². The van der Waals surface area contributed by atoms with Crippen molar-refractivity contribution in [1.82, 2.24) is 0 Å². The predicted octanol–water partition coefficient (Wildman–Crippen LogP) is 19.0. The normalized spacial score (nSPS) is 13.2. The van der Waals surface area contributed by atoms with E-state index in [4.69, 9.17) is 23.0 Å². The van der Waals surface area contributed by atoms with Gasteiger partial charge in [0.2, 0.25) is 0 Å². The molecule has 0 amide bonds. The lowest BCUT2D eigenvalue weighted by Crippen LogP contribution is -2.23. The Labute approximate surface area is 376 Å². The number of hydrogen-bond donors (Lipinski definition) is 0. The Morgan fingerprint density at radius 2 is 0.633 bits per heavy atom. The Balaban J connectivity index is 2.74. The summed E-state index contributed by atoms with van der Waals surface area (Å²) in [5.74, 6) is 0.792. The monoisotopic (exact) mass is 863 g/mol. The summed E-state index contributed by atoms with van der Waals surface area (Å²) < 4.78 is 32.7. The molecule has 2 atom stereocenters. The highest BCUT2D eigenvalue weighted by Crippen LogP contribution is 2.41. The van der Waals surface area contributed by atoms with E-state index >= 15 is 0 Å². The van der Waals surface area contributed by atoms with E-state index in [0.29, 0.717) is 13.2 Å². The maximum Gasteiger partial charge on any atom is 0.397 e. The van der Waals surface area contributed by atoms with Crippen LogP contribution in [0.15, 0.2) is 30.3 Å². The minimum atomic E-state index is -1.59. The van der Waals surface area contributed by atoms with Crippen molar-refractivity contribution in [2.24, 2.45) is 0 Å². The molecule has 1 aromatic carbocycles. The molecular formula is C54H103O5P. The van der Waals surface area contributed by atoms with E-state index in [9.17, 15) is 0 Å². The third kappa shape index (κ3) is 40.1. The zero-order chi connectivity index (χ0) is 43.1. The average Bonchev–Trinajstić information content (AvgIpc) is 3.26. The molecule has 0 radical (unpaired) electrons. The smallest absolute Gasteiger partial charge is 0.397 e. The summed E-state index contributed by atoms with van der Waals surface area (Å²) in [5, 5.41) is 0. The molecular weight excluding hydrogens is 760 g/mol. The average molecular weight is 863 g/mol. The molecule has 2 unspecified atom stereocenters. The molecule has 6 heteroatoms. The molecule has 0 heterocycles. The maximum absolute atomic E-state index is 6.58. The van der Waals surface area contributed by atoms with Crippen molar-refractivity contribution >= 4 is 8.60 Å². The Bertz CT molecular complexity index is 880. The van der Waals surface area contributed by atoms with Crippen molar-refractivity contribution in [3.63, 3.8) is 0 Å². The molecule has 0 bridgehead atoms. The first kappa shape index (κ1) is 57.3. The van der Waals surface area contributed by atoms with Gasteiger partial charge in [0.25, 0.3) is 0 Å². The molecule has 0 spiro atoms. The summed E-state index contributed by atoms with van der Waals surface area (Å²) in [4.78, 5) is 0. The van der Waals surface area contributed by atoms with Crippen LogP contribution in [0.5, 0.6) is 5.75 Å². The maximum atomic E-state index is 6.58. The predicted molar refractivity (Wildman–Crippen MR) is 264 cm³/mol. The van der Waals surface area contributed by atoms with E-state index in [-0.39, 0.29) is 12.2 Å². The minimum absolute atomic E-state index is 0.0670. The summed E-state index contributed by atoms with van der Waals surface area (Å²) in [6, 6.07) is 10.1. The summed E-state index contributed by atoms with van der Waals surface area (Å²) >= 11 is 0. The van der Waals surface area contributed by atoms with Crippen LogP contribution in [0.3, 0.4) is 0 Å². The van der Waals surface area contributed by atoms with Gasteiger partial charge in [-0.1, -0.05) is 264 Å². The molecule has 0 fully saturated rings. The largest absolute Gasteiger partial charge is 0.427 e. The van der Waals surface area contributed by atoms with Gasteiger partial charge in [0, 0.05) is 13.2 Å². The molecule has 60 heavy (non-hydrogen) atoms. The van der Waals surface area contributed by atoms with Gasteiger partial charge in [-0.2, -0.15) is 0 Å². The van der Waals surface area contributed by atoms with Crippen LogP contribution >= 0.6 is 8.60 Å². The van der Waals surface area contributed by atoms with E-state index in [2.05, 4.69) is 27.7 Å². The van der Waals surface area contributed by atoms with Crippen LogP contribution in [0.4, 0.5) is 0 Å². The number of para-hydroxylation sites is 1. The Morgan fingerprint density at radius 3 is 0.950 bits per heavy atom. The molecule has 0 aromatic heterocycles. The molecule has 0 aliphatic heterocycles. The molecule has 0 aliphatic rings. The summed E-state index contributed by atoms with van der Waals surface area (Å²) in [6.07, 6.45) is 50.1. The van der Waals surface area contributed by atoms with Crippen LogP contribution in [-0.2, 0) is 18.5 Å². The van der Waals surface area contributed by atoms with Gasteiger partial charge in [0.15, 0.2) is 0 Å². The fourth-order valence-electron chi connectivity index (χ4n) is 8.07. The Hall–Kier alpha value is -0.710. The van der Waals surface area contributed by atoms with Gasteiger partial charge in [0.1, 0.15) is 5.75 Å². The van der Waals surface area contributed by atoms with Crippen LogP contribution in [0.1, 0.15) is 272 Å². The summed E-state index contributed by atoms with van der Waals surface area (Å²) in [7, 11) is -1.59. The van der Waals surface area contributed by atoms with Crippen LogP contribution in [-0.4, -0.2) is 38.6 Å². The molecule has 5 nitrogen and oxygen atoms in total. The van der Waals surface area contributed by atoms with E-state index in [0.717, 1.165) is 44.6 Å². The third-order valence-electron chi connectivity index (χ3n) is 12.1. The molecule has 0 N–H and O–H groups in total. The SMILES string of the molecule is CCCCCCCCCCCCOC(CCCCCCCCCC)COP(OCC(CCCCCCCCCC)OCCCCCCCCCCCC)Oc1ccccc1. The highest BCUT2D eigenvalue weighted by atomic mass is 31.2. The second-order valence-electron chi connectivity index (χ2n) is 18.1. The Kier molecular flexibility index (Phi) is 45.6. The van der Waals surface area contributed by atoms with E-state index in [1.165, 1.54) is 218 Å². The van der Waals surface area contributed by atoms with Crippen LogP contribution < -0.4 is 4.52 Å². The molecule has 0 saturated heterocycles. The number of benzene rings is 1. The van der Waals surface area contributed by atoms with Crippen LogP contribution in [0, 0.1) is 0 Å².